The molecule has 0 bridgehead atoms. The van der Waals surface area contributed by atoms with Crippen molar-refractivity contribution in [3.8, 4) is 11.3 Å². The minimum absolute atomic E-state index is 0.143. The number of hydrogen-bond donors (Lipinski definition) is 1. The molecule has 126 valence electrons. The number of non-ortho nitro benzene ring substituents is 1. The van der Waals surface area contributed by atoms with Crippen LogP contribution in [0.4, 0.5) is 11.5 Å². The van der Waals surface area contributed by atoms with Gasteiger partial charge in [0.05, 0.1) is 4.92 Å². The lowest BCUT2D eigenvalue weighted by Crippen LogP contribution is -2.13. The van der Waals surface area contributed by atoms with Gasteiger partial charge in [-0.25, -0.2) is 4.63 Å². The third-order valence-corrected chi connectivity index (χ3v) is 3.69. The molecule has 0 saturated heterocycles. The SMILES string of the molecule is Cc1ccc(C)c(-c2nonc2NC(=O)c2cccc([N+](=O)[O-])c2)c1. The lowest BCUT2D eigenvalue weighted by atomic mass is 10.0. The number of aryl methyl sites for hydroxylation is 2. The quantitative estimate of drug-likeness (QED) is 0.575. The summed E-state index contributed by atoms with van der Waals surface area (Å²) in [5.74, 6) is -0.379. The molecule has 8 nitrogen and oxygen atoms in total. The van der Waals surface area contributed by atoms with Crippen LogP contribution in [0, 0.1) is 24.0 Å². The van der Waals surface area contributed by atoms with Gasteiger partial charge in [0.15, 0.2) is 5.69 Å². The van der Waals surface area contributed by atoms with Gasteiger partial charge in [-0.1, -0.05) is 23.8 Å². The minimum atomic E-state index is -0.560. The Kier molecular flexibility index (Phi) is 4.25. The summed E-state index contributed by atoms with van der Waals surface area (Å²) in [6.07, 6.45) is 0. The highest BCUT2D eigenvalue weighted by atomic mass is 16.6. The molecule has 0 spiro atoms. The van der Waals surface area contributed by atoms with Crippen molar-refractivity contribution in [1.29, 1.82) is 0 Å². The number of carbonyl (C=O) groups is 1. The summed E-state index contributed by atoms with van der Waals surface area (Å²) in [5.41, 5.74) is 3.15. The number of amides is 1. The third-order valence-electron chi connectivity index (χ3n) is 3.69. The first kappa shape index (κ1) is 16.3. The molecule has 0 aliphatic heterocycles. The Bertz CT molecular complexity index is 965. The number of carbonyl (C=O) groups excluding carboxylic acids is 1. The predicted octanol–water partition coefficient (Wildman–Crippen LogP) is 3.51. The molecule has 3 aromatic rings. The van der Waals surface area contributed by atoms with Crippen LogP contribution in [-0.4, -0.2) is 21.1 Å². The topological polar surface area (TPSA) is 111 Å². The van der Waals surface area contributed by atoms with Crippen molar-refractivity contribution in [2.75, 3.05) is 5.32 Å². The highest BCUT2D eigenvalue weighted by Crippen LogP contribution is 2.28. The van der Waals surface area contributed by atoms with E-state index >= 15 is 0 Å². The normalized spacial score (nSPS) is 10.5. The molecule has 0 saturated carbocycles. The van der Waals surface area contributed by atoms with E-state index in [1.165, 1.54) is 24.3 Å². The fourth-order valence-corrected chi connectivity index (χ4v) is 2.38. The van der Waals surface area contributed by atoms with Gasteiger partial charge in [-0.05, 0) is 41.9 Å². The van der Waals surface area contributed by atoms with Crippen LogP contribution in [-0.2, 0) is 0 Å². The van der Waals surface area contributed by atoms with Crippen LogP contribution in [0.1, 0.15) is 21.5 Å². The summed E-state index contributed by atoms with van der Waals surface area (Å²) in [6, 6.07) is 11.3. The van der Waals surface area contributed by atoms with E-state index in [4.69, 9.17) is 4.63 Å². The second-order valence-corrected chi connectivity index (χ2v) is 5.54. The summed E-state index contributed by atoms with van der Waals surface area (Å²) in [7, 11) is 0. The number of hydrogen-bond acceptors (Lipinski definition) is 6. The van der Waals surface area contributed by atoms with Gasteiger partial charge in [-0.3, -0.25) is 14.9 Å². The zero-order valence-corrected chi connectivity index (χ0v) is 13.5. The van der Waals surface area contributed by atoms with Gasteiger partial charge >= 0.3 is 0 Å². The molecule has 3 rings (SSSR count). The lowest BCUT2D eigenvalue weighted by molar-refractivity contribution is -0.384. The summed E-state index contributed by atoms with van der Waals surface area (Å²) in [4.78, 5) is 22.7. The van der Waals surface area contributed by atoms with Gasteiger partial charge in [0.2, 0.25) is 5.82 Å². The minimum Gasteiger partial charge on any atom is -0.302 e. The molecular formula is C17H14N4O4. The van der Waals surface area contributed by atoms with Crippen LogP contribution in [0.25, 0.3) is 11.3 Å². The Balaban J connectivity index is 1.91. The van der Waals surface area contributed by atoms with E-state index < -0.39 is 10.8 Å². The molecule has 0 unspecified atom stereocenters. The average Bonchev–Trinajstić information content (AvgIpc) is 3.05. The van der Waals surface area contributed by atoms with Crippen LogP contribution in [0.5, 0.6) is 0 Å². The van der Waals surface area contributed by atoms with Crippen LogP contribution in [0.15, 0.2) is 47.1 Å². The van der Waals surface area contributed by atoms with Crippen LogP contribution < -0.4 is 5.32 Å². The predicted molar refractivity (Wildman–Crippen MR) is 90.3 cm³/mol. The van der Waals surface area contributed by atoms with E-state index in [2.05, 4.69) is 15.6 Å². The van der Waals surface area contributed by atoms with Crippen molar-refractivity contribution in [2.24, 2.45) is 0 Å². The van der Waals surface area contributed by atoms with Gasteiger partial charge in [0.25, 0.3) is 11.6 Å². The highest BCUT2D eigenvalue weighted by Gasteiger charge is 2.19. The fraction of sp³-hybridized carbons (Fsp3) is 0.118. The number of anilines is 1. The standard InChI is InChI=1S/C17H14N4O4/c1-10-6-7-11(2)14(8-10)15-16(20-25-19-15)18-17(22)12-4-3-5-13(9-12)21(23)24/h3-9H,1-2H3,(H,18,20,22). The number of aromatic nitrogens is 2. The fourth-order valence-electron chi connectivity index (χ4n) is 2.38. The van der Waals surface area contributed by atoms with Crippen molar-refractivity contribution in [3.63, 3.8) is 0 Å². The van der Waals surface area contributed by atoms with E-state index in [1.807, 2.05) is 32.0 Å². The Morgan fingerprint density at radius 1 is 1.16 bits per heavy atom. The Labute approximate surface area is 142 Å². The molecule has 0 radical (unpaired) electrons. The molecule has 1 aromatic heterocycles. The van der Waals surface area contributed by atoms with Crippen molar-refractivity contribution < 1.29 is 14.3 Å². The molecule has 0 atom stereocenters. The summed E-state index contributed by atoms with van der Waals surface area (Å²) in [5, 5.41) is 21.0. The van der Waals surface area contributed by atoms with E-state index in [0.29, 0.717) is 5.69 Å². The molecule has 2 aromatic carbocycles. The van der Waals surface area contributed by atoms with Gasteiger partial charge in [0, 0.05) is 23.3 Å². The number of rotatable bonds is 4. The number of benzene rings is 2. The maximum Gasteiger partial charge on any atom is 0.270 e. The maximum atomic E-state index is 12.4. The average molecular weight is 338 g/mol. The van der Waals surface area contributed by atoms with Gasteiger partial charge in [0.1, 0.15) is 0 Å². The van der Waals surface area contributed by atoms with Crippen molar-refractivity contribution >= 4 is 17.4 Å². The summed E-state index contributed by atoms with van der Waals surface area (Å²) >= 11 is 0. The largest absolute Gasteiger partial charge is 0.302 e. The first-order valence-electron chi connectivity index (χ1n) is 7.41. The zero-order chi connectivity index (χ0) is 18.0. The molecule has 0 aliphatic carbocycles. The van der Waals surface area contributed by atoms with E-state index in [9.17, 15) is 14.9 Å². The van der Waals surface area contributed by atoms with E-state index in [-0.39, 0.29) is 17.1 Å². The molecule has 1 heterocycles. The molecule has 0 aliphatic rings. The molecule has 0 fully saturated rings. The molecule has 25 heavy (non-hydrogen) atoms. The number of nitrogens with one attached hydrogen (secondary N) is 1. The number of nitrogens with zero attached hydrogens (tertiary/aromatic N) is 3. The second-order valence-electron chi connectivity index (χ2n) is 5.54. The lowest BCUT2D eigenvalue weighted by Gasteiger charge is -2.06. The second kappa shape index (κ2) is 6.52. The monoisotopic (exact) mass is 338 g/mol. The van der Waals surface area contributed by atoms with E-state index in [0.717, 1.165) is 16.7 Å². The maximum absolute atomic E-state index is 12.4. The Morgan fingerprint density at radius 2 is 1.96 bits per heavy atom. The molecule has 1 N–H and O–H groups in total. The Hall–Kier alpha value is -3.55. The van der Waals surface area contributed by atoms with Crippen LogP contribution in [0.2, 0.25) is 0 Å². The Morgan fingerprint density at radius 3 is 2.72 bits per heavy atom. The van der Waals surface area contributed by atoms with Gasteiger partial charge < -0.3 is 5.32 Å². The van der Waals surface area contributed by atoms with Crippen molar-refractivity contribution in [3.05, 3.63) is 69.3 Å². The molecule has 1 amide bonds. The van der Waals surface area contributed by atoms with Gasteiger partial charge in [-0.15, -0.1) is 0 Å². The first-order valence-corrected chi connectivity index (χ1v) is 7.41. The smallest absolute Gasteiger partial charge is 0.270 e. The highest BCUT2D eigenvalue weighted by molar-refractivity contribution is 6.05. The van der Waals surface area contributed by atoms with Crippen LogP contribution >= 0.6 is 0 Å². The molecule has 8 heteroatoms. The van der Waals surface area contributed by atoms with Gasteiger partial charge in [-0.2, -0.15) is 0 Å². The zero-order valence-electron chi connectivity index (χ0n) is 13.5. The molecular weight excluding hydrogens is 324 g/mol. The summed E-state index contributed by atoms with van der Waals surface area (Å²) < 4.78 is 4.77. The number of nitro groups is 1. The van der Waals surface area contributed by atoms with Crippen molar-refractivity contribution in [1.82, 2.24) is 10.3 Å². The summed E-state index contributed by atoms with van der Waals surface area (Å²) in [6.45, 7) is 3.85. The van der Waals surface area contributed by atoms with Crippen LogP contribution in [0.3, 0.4) is 0 Å². The van der Waals surface area contributed by atoms with Crippen molar-refractivity contribution in [2.45, 2.75) is 13.8 Å². The van der Waals surface area contributed by atoms with E-state index in [1.54, 1.807) is 0 Å². The third kappa shape index (κ3) is 3.37. The number of nitro benzene ring substituents is 1. The first-order chi connectivity index (χ1) is 12.0.